The van der Waals surface area contributed by atoms with E-state index in [0.717, 1.165) is 10.9 Å². The average molecular weight is 261 g/mol. The van der Waals surface area contributed by atoms with Crippen molar-refractivity contribution in [2.45, 2.75) is 25.0 Å². The van der Waals surface area contributed by atoms with Crippen molar-refractivity contribution in [3.63, 3.8) is 0 Å². The first-order valence-corrected chi connectivity index (χ1v) is 7.06. The van der Waals surface area contributed by atoms with E-state index in [0.29, 0.717) is 6.04 Å². The molecule has 0 saturated carbocycles. The van der Waals surface area contributed by atoms with Crippen molar-refractivity contribution in [3.8, 4) is 0 Å². The summed E-state index contributed by atoms with van der Waals surface area (Å²) in [6.07, 6.45) is 3.64. The maximum Gasteiger partial charge on any atom is 0.165 e. The summed E-state index contributed by atoms with van der Waals surface area (Å²) in [6.45, 7) is 4.30. The second-order valence-electron chi connectivity index (χ2n) is 4.41. The van der Waals surface area contributed by atoms with Crippen LogP contribution in [0.1, 0.15) is 22.7 Å². The number of rotatable bonds is 5. The molecule has 0 aliphatic carbocycles. The van der Waals surface area contributed by atoms with Gasteiger partial charge in [-0.2, -0.15) is 0 Å². The topological polar surface area (TPSA) is 40.7 Å². The summed E-state index contributed by atoms with van der Waals surface area (Å²) < 4.78 is 0. The number of thioether (sulfide) groups is 1. The van der Waals surface area contributed by atoms with Gasteiger partial charge in [-0.1, -0.05) is 35.5 Å². The van der Waals surface area contributed by atoms with Crippen LogP contribution in [0.3, 0.4) is 0 Å². The summed E-state index contributed by atoms with van der Waals surface area (Å²) in [5.41, 5.74) is 4.02. The normalized spacial score (nSPS) is 12.6. The molecule has 1 unspecified atom stereocenters. The molecule has 2 rings (SSSR count). The average Bonchev–Trinajstić information content (AvgIpc) is 2.85. The molecule has 18 heavy (non-hydrogen) atoms. The van der Waals surface area contributed by atoms with Gasteiger partial charge in [-0.25, -0.2) is 4.98 Å². The van der Waals surface area contributed by atoms with E-state index in [4.69, 9.17) is 0 Å². The largest absolute Gasteiger partial charge is 0.340 e. The smallest absolute Gasteiger partial charge is 0.165 e. The predicted octanol–water partition coefficient (Wildman–Crippen LogP) is 3.08. The van der Waals surface area contributed by atoms with Crippen LogP contribution in [0.2, 0.25) is 0 Å². The first-order valence-electron chi connectivity index (χ1n) is 6.07. The molecule has 2 N–H and O–H groups in total. The monoisotopic (exact) mass is 261 g/mol. The van der Waals surface area contributed by atoms with Crippen molar-refractivity contribution in [2.75, 3.05) is 12.8 Å². The van der Waals surface area contributed by atoms with Crippen LogP contribution in [-0.4, -0.2) is 22.8 Å². The minimum absolute atomic E-state index is 0.348. The first-order chi connectivity index (χ1) is 8.70. The van der Waals surface area contributed by atoms with Crippen LogP contribution in [-0.2, 0) is 0 Å². The lowest BCUT2D eigenvalue weighted by molar-refractivity contribution is 0.657. The number of imidazole rings is 1. The van der Waals surface area contributed by atoms with Crippen molar-refractivity contribution in [1.82, 2.24) is 15.3 Å². The number of benzene rings is 1. The fraction of sp³-hybridized carbons (Fsp3) is 0.357. The number of aromatic amines is 1. The molecule has 1 aromatic heterocycles. The van der Waals surface area contributed by atoms with Crippen LogP contribution in [0.25, 0.3) is 0 Å². The molecule has 0 spiro atoms. The van der Waals surface area contributed by atoms with Gasteiger partial charge in [0.1, 0.15) is 0 Å². The molecule has 96 valence electrons. The van der Waals surface area contributed by atoms with Gasteiger partial charge in [0, 0.05) is 24.2 Å². The van der Waals surface area contributed by atoms with Crippen molar-refractivity contribution < 1.29 is 0 Å². The zero-order chi connectivity index (χ0) is 13.0. The SMILES string of the molecule is CNC(CSc1ncc[nH]1)c1ccc(C)cc1C. The van der Waals surface area contributed by atoms with Crippen LogP contribution in [0.15, 0.2) is 35.7 Å². The van der Waals surface area contributed by atoms with E-state index >= 15 is 0 Å². The van der Waals surface area contributed by atoms with E-state index in [9.17, 15) is 0 Å². The minimum Gasteiger partial charge on any atom is -0.340 e. The maximum absolute atomic E-state index is 4.23. The summed E-state index contributed by atoms with van der Waals surface area (Å²) >= 11 is 1.74. The van der Waals surface area contributed by atoms with E-state index in [2.05, 4.69) is 47.3 Å². The fourth-order valence-corrected chi connectivity index (χ4v) is 2.99. The number of nitrogens with zero attached hydrogens (tertiary/aromatic N) is 1. The molecular formula is C14H19N3S. The van der Waals surface area contributed by atoms with Crippen LogP contribution >= 0.6 is 11.8 Å². The third-order valence-electron chi connectivity index (χ3n) is 3.01. The first kappa shape index (κ1) is 13.2. The summed E-state index contributed by atoms with van der Waals surface area (Å²) in [5.74, 6) is 0.966. The van der Waals surface area contributed by atoms with Gasteiger partial charge in [-0.05, 0) is 32.0 Å². The van der Waals surface area contributed by atoms with E-state index in [1.165, 1.54) is 16.7 Å². The van der Waals surface area contributed by atoms with Crippen molar-refractivity contribution >= 4 is 11.8 Å². The number of hydrogen-bond acceptors (Lipinski definition) is 3. The Morgan fingerprint density at radius 3 is 2.83 bits per heavy atom. The van der Waals surface area contributed by atoms with Crippen LogP contribution in [0.5, 0.6) is 0 Å². The fourth-order valence-electron chi connectivity index (χ4n) is 2.04. The van der Waals surface area contributed by atoms with Crippen LogP contribution in [0.4, 0.5) is 0 Å². The standard InChI is InChI=1S/C14H19N3S/c1-10-4-5-12(11(2)8-10)13(15-3)9-18-14-16-6-7-17-14/h4-8,13,15H,9H2,1-3H3,(H,16,17). The summed E-state index contributed by atoms with van der Waals surface area (Å²) in [6, 6.07) is 6.97. The summed E-state index contributed by atoms with van der Waals surface area (Å²) in [5, 5.41) is 4.35. The molecule has 1 aromatic carbocycles. The second kappa shape index (κ2) is 6.07. The highest BCUT2D eigenvalue weighted by atomic mass is 32.2. The summed E-state index contributed by atoms with van der Waals surface area (Å²) in [4.78, 5) is 7.35. The van der Waals surface area contributed by atoms with Gasteiger partial charge in [0.2, 0.25) is 0 Å². The molecule has 2 aromatic rings. The van der Waals surface area contributed by atoms with Crippen molar-refractivity contribution in [3.05, 3.63) is 47.3 Å². The number of aryl methyl sites for hydroxylation is 2. The lowest BCUT2D eigenvalue weighted by atomic mass is 10.0. The number of nitrogens with one attached hydrogen (secondary N) is 2. The maximum atomic E-state index is 4.23. The minimum atomic E-state index is 0.348. The Hall–Kier alpha value is -1.26. The molecule has 0 saturated heterocycles. The zero-order valence-corrected chi connectivity index (χ0v) is 11.8. The second-order valence-corrected chi connectivity index (χ2v) is 5.42. The zero-order valence-electron chi connectivity index (χ0n) is 11.0. The molecule has 0 aliphatic rings. The van der Waals surface area contributed by atoms with Gasteiger partial charge in [0.25, 0.3) is 0 Å². The number of H-pyrrole nitrogens is 1. The molecule has 0 radical (unpaired) electrons. The summed E-state index contributed by atoms with van der Waals surface area (Å²) in [7, 11) is 2.01. The quantitative estimate of drug-likeness (QED) is 0.813. The van der Waals surface area contributed by atoms with E-state index in [-0.39, 0.29) is 0 Å². The molecule has 0 fully saturated rings. The van der Waals surface area contributed by atoms with Crippen molar-refractivity contribution in [2.24, 2.45) is 0 Å². The van der Waals surface area contributed by atoms with Gasteiger partial charge >= 0.3 is 0 Å². The van der Waals surface area contributed by atoms with Crippen LogP contribution in [0, 0.1) is 13.8 Å². The number of aromatic nitrogens is 2. The number of hydrogen-bond donors (Lipinski definition) is 2. The Kier molecular flexibility index (Phi) is 4.44. The van der Waals surface area contributed by atoms with Gasteiger partial charge in [0.05, 0.1) is 0 Å². The molecule has 0 amide bonds. The Labute approximate surface area is 112 Å². The molecule has 0 bridgehead atoms. The third kappa shape index (κ3) is 3.15. The Morgan fingerprint density at radius 2 is 2.22 bits per heavy atom. The van der Waals surface area contributed by atoms with E-state index < -0.39 is 0 Å². The third-order valence-corrected chi connectivity index (χ3v) is 4.01. The molecular weight excluding hydrogens is 242 g/mol. The molecule has 1 atom stereocenters. The van der Waals surface area contributed by atoms with Gasteiger partial charge in [-0.3, -0.25) is 0 Å². The Balaban J connectivity index is 2.08. The predicted molar refractivity (Wildman–Crippen MR) is 77.0 cm³/mol. The van der Waals surface area contributed by atoms with Gasteiger partial charge < -0.3 is 10.3 Å². The molecule has 3 nitrogen and oxygen atoms in total. The van der Waals surface area contributed by atoms with E-state index in [1.807, 2.05) is 13.2 Å². The van der Waals surface area contributed by atoms with Gasteiger partial charge in [-0.15, -0.1) is 0 Å². The molecule has 4 heteroatoms. The Bertz CT molecular complexity index is 494. The molecule has 1 heterocycles. The van der Waals surface area contributed by atoms with E-state index in [1.54, 1.807) is 18.0 Å². The Morgan fingerprint density at radius 1 is 1.39 bits per heavy atom. The van der Waals surface area contributed by atoms with Crippen molar-refractivity contribution in [1.29, 1.82) is 0 Å². The lowest BCUT2D eigenvalue weighted by Gasteiger charge is -2.18. The highest BCUT2D eigenvalue weighted by Gasteiger charge is 2.12. The lowest BCUT2D eigenvalue weighted by Crippen LogP contribution is -2.19. The van der Waals surface area contributed by atoms with Gasteiger partial charge in [0.15, 0.2) is 5.16 Å². The highest BCUT2D eigenvalue weighted by Crippen LogP contribution is 2.24. The van der Waals surface area contributed by atoms with Crippen LogP contribution < -0.4 is 5.32 Å². The molecule has 0 aliphatic heterocycles. The highest BCUT2D eigenvalue weighted by molar-refractivity contribution is 7.99.